The van der Waals surface area contributed by atoms with Gasteiger partial charge in [0.05, 0.1) is 6.07 Å². The molecular formula is C17H21N3O3S. The molecule has 0 aliphatic heterocycles. The zero-order valence-electron chi connectivity index (χ0n) is 13.4. The Kier molecular flexibility index (Phi) is 6.94. The summed E-state index contributed by atoms with van der Waals surface area (Å²) in [5, 5.41) is 18.1. The molecule has 7 heteroatoms. The lowest BCUT2D eigenvalue weighted by Gasteiger charge is -2.23. The van der Waals surface area contributed by atoms with Crippen molar-refractivity contribution in [3.8, 4) is 6.07 Å². The number of hydrogen-bond donors (Lipinski definition) is 2. The van der Waals surface area contributed by atoms with Gasteiger partial charge < -0.3 is 10.6 Å². The minimum Gasteiger partial charge on any atom is -0.352 e. The number of carbonyl (C=O) groups is 3. The van der Waals surface area contributed by atoms with E-state index in [4.69, 9.17) is 5.26 Å². The van der Waals surface area contributed by atoms with E-state index >= 15 is 0 Å². The molecule has 1 atom stereocenters. The van der Waals surface area contributed by atoms with Crippen molar-refractivity contribution < 1.29 is 14.4 Å². The SMILES string of the molecule is N#CC(C(=O)CCNC(=O)c1ccsc1)C(=O)NC1CCCCC1. The van der Waals surface area contributed by atoms with Crippen molar-refractivity contribution >= 4 is 28.9 Å². The quantitative estimate of drug-likeness (QED) is 0.737. The summed E-state index contributed by atoms with van der Waals surface area (Å²) in [5.41, 5.74) is 0.541. The molecule has 0 spiro atoms. The molecule has 0 saturated heterocycles. The summed E-state index contributed by atoms with van der Waals surface area (Å²) in [6.07, 6.45) is 5.04. The van der Waals surface area contributed by atoms with Crippen molar-refractivity contribution in [3.63, 3.8) is 0 Å². The first-order valence-corrected chi connectivity index (χ1v) is 9.09. The third-order valence-corrected chi connectivity index (χ3v) is 4.79. The molecule has 24 heavy (non-hydrogen) atoms. The molecule has 128 valence electrons. The third-order valence-electron chi connectivity index (χ3n) is 4.11. The highest BCUT2D eigenvalue weighted by Gasteiger charge is 2.28. The van der Waals surface area contributed by atoms with Gasteiger partial charge >= 0.3 is 0 Å². The van der Waals surface area contributed by atoms with Crippen LogP contribution in [0.1, 0.15) is 48.9 Å². The van der Waals surface area contributed by atoms with Gasteiger partial charge in [-0.2, -0.15) is 16.6 Å². The van der Waals surface area contributed by atoms with E-state index in [0.717, 1.165) is 32.1 Å². The highest BCUT2D eigenvalue weighted by atomic mass is 32.1. The lowest BCUT2D eigenvalue weighted by atomic mass is 9.94. The van der Waals surface area contributed by atoms with Gasteiger partial charge in [0.15, 0.2) is 11.7 Å². The van der Waals surface area contributed by atoms with E-state index in [9.17, 15) is 14.4 Å². The maximum atomic E-state index is 12.1. The van der Waals surface area contributed by atoms with Crippen LogP contribution in [0.15, 0.2) is 16.8 Å². The van der Waals surface area contributed by atoms with Gasteiger partial charge in [0, 0.05) is 30.0 Å². The molecule has 1 aliphatic carbocycles. The molecule has 1 aromatic rings. The van der Waals surface area contributed by atoms with Crippen LogP contribution in [0, 0.1) is 17.2 Å². The minimum absolute atomic E-state index is 0.0355. The minimum atomic E-state index is -1.30. The molecule has 2 rings (SSSR count). The average molecular weight is 347 g/mol. The Morgan fingerprint density at radius 2 is 2.04 bits per heavy atom. The number of nitriles is 1. The van der Waals surface area contributed by atoms with Gasteiger partial charge in [0.25, 0.3) is 5.91 Å². The molecule has 1 unspecified atom stereocenters. The van der Waals surface area contributed by atoms with Crippen molar-refractivity contribution in [2.45, 2.75) is 44.6 Å². The number of thiophene rings is 1. The third kappa shape index (κ3) is 5.17. The second kappa shape index (κ2) is 9.18. The smallest absolute Gasteiger partial charge is 0.252 e. The van der Waals surface area contributed by atoms with E-state index in [-0.39, 0.29) is 24.9 Å². The normalized spacial score (nSPS) is 16.0. The second-order valence-corrected chi connectivity index (χ2v) is 6.67. The first-order chi connectivity index (χ1) is 11.6. The Morgan fingerprint density at radius 1 is 1.29 bits per heavy atom. The number of ketones is 1. The number of Topliss-reactive ketones (excluding diaryl/α,β-unsaturated/α-hetero) is 1. The van der Waals surface area contributed by atoms with Gasteiger partial charge in [0.2, 0.25) is 5.91 Å². The van der Waals surface area contributed by atoms with Crippen LogP contribution in [0.5, 0.6) is 0 Å². The topological polar surface area (TPSA) is 99.1 Å². The Labute approximate surface area is 145 Å². The molecule has 1 saturated carbocycles. The summed E-state index contributed by atoms with van der Waals surface area (Å²) in [4.78, 5) is 36.0. The number of hydrogen-bond acceptors (Lipinski definition) is 5. The van der Waals surface area contributed by atoms with E-state index in [2.05, 4.69) is 10.6 Å². The predicted octanol–water partition coefficient (Wildman–Crippen LogP) is 2.03. The highest BCUT2D eigenvalue weighted by Crippen LogP contribution is 2.18. The van der Waals surface area contributed by atoms with E-state index < -0.39 is 17.6 Å². The fourth-order valence-corrected chi connectivity index (χ4v) is 3.38. The van der Waals surface area contributed by atoms with Gasteiger partial charge in [-0.1, -0.05) is 19.3 Å². The molecule has 0 bridgehead atoms. The molecular weight excluding hydrogens is 326 g/mol. The number of carbonyl (C=O) groups excluding carboxylic acids is 3. The first-order valence-electron chi connectivity index (χ1n) is 8.15. The fraction of sp³-hybridized carbons (Fsp3) is 0.529. The van der Waals surface area contributed by atoms with Crippen LogP contribution in [-0.2, 0) is 9.59 Å². The predicted molar refractivity (Wildman–Crippen MR) is 90.4 cm³/mol. The maximum absolute atomic E-state index is 12.1. The zero-order chi connectivity index (χ0) is 17.4. The number of amides is 2. The Balaban J connectivity index is 1.77. The average Bonchev–Trinajstić information content (AvgIpc) is 3.11. The molecule has 2 N–H and O–H groups in total. The van der Waals surface area contributed by atoms with Crippen molar-refractivity contribution in [2.75, 3.05) is 6.54 Å². The van der Waals surface area contributed by atoms with Crippen LogP contribution in [0.3, 0.4) is 0 Å². The second-order valence-electron chi connectivity index (χ2n) is 5.89. The summed E-state index contributed by atoms with van der Waals surface area (Å²) in [5.74, 6) is -2.54. The van der Waals surface area contributed by atoms with E-state index in [1.807, 2.05) is 0 Å². The molecule has 0 radical (unpaired) electrons. The van der Waals surface area contributed by atoms with Crippen molar-refractivity contribution in [3.05, 3.63) is 22.4 Å². The van der Waals surface area contributed by atoms with Crippen LogP contribution in [0.25, 0.3) is 0 Å². The standard InChI is InChI=1S/C17H21N3O3S/c18-10-14(17(23)20-13-4-2-1-3-5-13)15(21)6-8-19-16(22)12-7-9-24-11-12/h7,9,11,13-14H,1-6,8H2,(H,19,22)(H,20,23). The lowest BCUT2D eigenvalue weighted by molar-refractivity contribution is -0.132. The molecule has 2 amide bonds. The van der Waals surface area contributed by atoms with Crippen LogP contribution in [0.4, 0.5) is 0 Å². The Bertz CT molecular complexity index is 616. The van der Waals surface area contributed by atoms with Gasteiger partial charge in [-0.25, -0.2) is 0 Å². The summed E-state index contributed by atoms with van der Waals surface area (Å²) in [6, 6.07) is 3.54. The molecule has 6 nitrogen and oxygen atoms in total. The molecule has 1 heterocycles. The van der Waals surface area contributed by atoms with Gasteiger partial charge in [-0.3, -0.25) is 14.4 Å². The largest absolute Gasteiger partial charge is 0.352 e. The van der Waals surface area contributed by atoms with E-state index in [0.29, 0.717) is 5.56 Å². The monoisotopic (exact) mass is 347 g/mol. The molecule has 0 aromatic carbocycles. The highest BCUT2D eigenvalue weighted by molar-refractivity contribution is 7.08. The van der Waals surface area contributed by atoms with Crippen molar-refractivity contribution in [2.24, 2.45) is 5.92 Å². The number of rotatable bonds is 7. The Hall–Kier alpha value is -2.20. The van der Waals surface area contributed by atoms with Gasteiger partial charge in [0.1, 0.15) is 0 Å². The summed E-state index contributed by atoms with van der Waals surface area (Å²) >= 11 is 1.41. The number of nitrogens with zero attached hydrogens (tertiary/aromatic N) is 1. The summed E-state index contributed by atoms with van der Waals surface area (Å²) in [7, 11) is 0. The molecule has 1 aromatic heterocycles. The van der Waals surface area contributed by atoms with E-state index in [1.54, 1.807) is 22.9 Å². The fourth-order valence-electron chi connectivity index (χ4n) is 2.75. The zero-order valence-corrected chi connectivity index (χ0v) is 14.2. The molecule has 1 aliphatic rings. The first kappa shape index (κ1) is 18.1. The summed E-state index contributed by atoms with van der Waals surface area (Å²) < 4.78 is 0. The summed E-state index contributed by atoms with van der Waals surface area (Å²) in [6.45, 7) is 0.113. The lowest BCUT2D eigenvalue weighted by Crippen LogP contribution is -2.42. The van der Waals surface area contributed by atoms with Gasteiger partial charge in [-0.05, 0) is 24.3 Å². The molecule has 1 fully saturated rings. The number of nitrogens with one attached hydrogen (secondary N) is 2. The van der Waals surface area contributed by atoms with Crippen LogP contribution in [-0.4, -0.2) is 30.2 Å². The van der Waals surface area contributed by atoms with Gasteiger partial charge in [-0.15, -0.1) is 0 Å². The van der Waals surface area contributed by atoms with Crippen molar-refractivity contribution in [1.82, 2.24) is 10.6 Å². The van der Waals surface area contributed by atoms with Crippen LogP contribution < -0.4 is 10.6 Å². The Morgan fingerprint density at radius 3 is 2.67 bits per heavy atom. The van der Waals surface area contributed by atoms with Crippen molar-refractivity contribution in [1.29, 1.82) is 5.26 Å². The maximum Gasteiger partial charge on any atom is 0.252 e. The van der Waals surface area contributed by atoms with Crippen LogP contribution in [0.2, 0.25) is 0 Å². The van der Waals surface area contributed by atoms with Crippen LogP contribution >= 0.6 is 11.3 Å². The van der Waals surface area contributed by atoms with E-state index in [1.165, 1.54) is 11.3 Å².